The van der Waals surface area contributed by atoms with E-state index >= 15 is 0 Å². The zero-order valence-electron chi connectivity index (χ0n) is 20.0. The molecule has 1 aromatic carbocycles. The molecule has 6 rings (SSSR count). The number of nitrogens with one attached hydrogen (secondary N) is 1. The predicted octanol–water partition coefficient (Wildman–Crippen LogP) is 3.44. The van der Waals surface area contributed by atoms with Crippen LogP contribution in [0.2, 0.25) is 0 Å². The lowest BCUT2D eigenvalue weighted by Crippen LogP contribution is -2.57. The number of piperidine rings is 1. The highest BCUT2D eigenvalue weighted by Crippen LogP contribution is 2.31. The van der Waals surface area contributed by atoms with Crippen LogP contribution < -0.4 is 15.1 Å². The van der Waals surface area contributed by atoms with Gasteiger partial charge >= 0.3 is 0 Å². The number of aromatic nitrogens is 2. The Labute approximate surface area is 205 Å². The van der Waals surface area contributed by atoms with Crippen molar-refractivity contribution in [2.45, 2.75) is 38.3 Å². The lowest BCUT2D eigenvalue weighted by molar-refractivity contribution is 0.0716. The molecule has 5 heterocycles. The molecule has 3 saturated heterocycles. The van der Waals surface area contributed by atoms with Crippen molar-refractivity contribution in [3.8, 4) is 5.88 Å². The average Bonchev–Trinajstić information content (AvgIpc) is 3.56. The molecule has 0 aliphatic carbocycles. The van der Waals surface area contributed by atoms with Gasteiger partial charge in [-0.05, 0) is 49.9 Å². The third-order valence-corrected chi connectivity index (χ3v) is 7.56. The molecular formula is C26H33FN6O2. The topological polar surface area (TPSA) is 69.9 Å². The van der Waals surface area contributed by atoms with E-state index < -0.39 is 0 Å². The highest BCUT2D eigenvalue weighted by atomic mass is 19.1. The Balaban J connectivity index is 1.00. The van der Waals surface area contributed by atoms with E-state index in [4.69, 9.17) is 14.2 Å². The Morgan fingerprint density at radius 2 is 1.97 bits per heavy atom. The van der Waals surface area contributed by atoms with E-state index in [9.17, 15) is 4.39 Å². The third kappa shape index (κ3) is 5.12. The van der Waals surface area contributed by atoms with Crippen molar-refractivity contribution in [3.05, 3.63) is 47.9 Å². The standard InChI is InChI=1S/C26H33FN6O2/c27-20-7-9-24-23(14-20)26(30-35-24)32-13-12-31-16-19(6-8-22(31)17-32)18-34-25-5-3-4-21(29-25)15-28-33-10-1-2-11-33/h3-5,7,9,14,19,22,28H,1-2,6,8,10-13,15-18H2/t19-,22-/m0/s1. The fourth-order valence-electron chi connectivity index (χ4n) is 5.62. The molecular weight excluding hydrogens is 447 g/mol. The number of nitrogens with zero attached hydrogens (tertiary/aromatic N) is 5. The minimum absolute atomic E-state index is 0.260. The second kappa shape index (κ2) is 10.1. The molecule has 0 bridgehead atoms. The first-order valence-corrected chi connectivity index (χ1v) is 12.8. The number of halogens is 1. The zero-order chi connectivity index (χ0) is 23.6. The van der Waals surface area contributed by atoms with Gasteiger partial charge in [-0.25, -0.2) is 19.8 Å². The molecule has 1 N–H and O–H groups in total. The third-order valence-electron chi connectivity index (χ3n) is 7.56. The van der Waals surface area contributed by atoms with Gasteiger partial charge in [0.15, 0.2) is 11.4 Å². The van der Waals surface area contributed by atoms with Gasteiger partial charge in [-0.3, -0.25) is 4.90 Å². The van der Waals surface area contributed by atoms with Gasteiger partial charge in [0, 0.05) is 57.3 Å². The molecule has 3 aromatic rings. The van der Waals surface area contributed by atoms with Gasteiger partial charge in [0.25, 0.3) is 0 Å². The van der Waals surface area contributed by atoms with E-state index in [1.54, 1.807) is 6.07 Å². The second-order valence-electron chi connectivity index (χ2n) is 9.99. The summed E-state index contributed by atoms with van der Waals surface area (Å²) in [5.74, 6) is 1.70. The summed E-state index contributed by atoms with van der Waals surface area (Å²) in [4.78, 5) is 9.51. The Kier molecular flexibility index (Phi) is 6.54. The number of piperazine rings is 1. The van der Waals surface area contributed by atoms with Crippen LogP contribution in [0.4, 0.5) is 10.2 Å². The zero-order valence-corrected chi connectivity index (χ0v) is 20.0. The molecule has 0 unspecified atom stereocenters. The van der Waals surface area contributed by atoms with Crippen LogP contribution in [0.15, 0.2) is 40.9 Å². The first-order chi connectivity index (χ1) is 17.2. The molecule has 186 valence electrons. The van der Waals surface area contributed by atoms with Gasteiger partial charge in [-0.1, -0.05) is 11.2 Å². The summed E-state index contributed by atoms with van der Waals surface area (Å²) in [6, 6.07) is 11.1. The highest BCUT2D eigenvalue weighted by Gasteiger charge is 2.34. The van der Waals surface area contributed by atoms with Gasteiger partial charge in [-0.2, -0.15) is 0 Å². The Morgan fingerprint density at radius 3 is 2.89 bits per heavy atom. The summed E-state index contributed by atoms with van der Waals surface area (Å²) in [5.41, 5.74) is 5.11. The first-order valence-electron chi connectivity index (χ1n) is 12.8. The molecule has 0 saturated carbocycles. The monoisotopic (exact) mass is 480 g/mol. The fourth-order valence-corrected chi connectivity index (χ4v) is 5.62. The predicted molar refractivity (Wildman–Crippen MR) is 132 cm³/mol. The summed E-state index contributed by atoms with van der Waals surface area (Å²) in [5, 5.41) is 7.28. The molecule has 3 fully saturated rings. The van der Waals surface area contributed by atoms with Gasteiger partial charge in [-0.15, -0.1) is 0 Å². The lowest BCUT2D eigenvalue weighted by atomic mass is 9.91. The van der Waals surface area contributed by atoms with Gasteiger partial charge in [0.2, 0.25) is 5.88 Å². The maximum absolute atomic E-state index is 13.8. The first kappa shape index (κ1) is 22.7. The summed E-state index contributed by atoms with van der Waals surface area (Å²) in [6.45, 7) is 7.39. The number of rotatable bonds is 7. The van der Waals surface area contributed by atoms with Gasteiger partial charge < -0.3 is 14.2 Å². The molecule has 0 amide bonds. The van der Waals surface area contributed by atoms with Crippen LogP contribution in [0.1, 0.15) is 31.4 Å². The van der Waals surface area contributed by atoms with Crippen LogP contribution in [0.5, 0.6) is 5.88 Å². The fraction of sp³-hybridized carbons (Fsp3) is 0.538. The Bertz CT molecular complexity index is 1150. The normalized spacial score (nSPS) is 23.6. The van der Waals surface area contributed by atoms with Gasteiger partial charge in [0.1, 0.15) is 5.82 Å². The van der Waals surface area contributed by atoms with E-state index in [2.05, 4.69) is 25.4 Å². The number of hydrogen-bond donors (Lipinski definition) is 1. The molecule has 0 spiro atoms. The number of fused-ring (bicyclic) bond motifs is 2. The van der Waals surface area contributed by atoms with Crippen molar-refractivity contribution in [3.63, 3.8) is 0 Å². The van der Waals surface area contributed by atoms with E-state index in [1.165, 1.54) is 25.0 Å². The molecule has 3 aliphatic rings. The summed E-state index contributed by atoms with van der Waals surface area (Å²) in [6.07, 6.45) is 4.76. The largest absolute Gasteiger partial charge is 0.477 e. The van der Waals surface area contributed by atoms with Crippen LogP contribution in [-0.2, 0) is 6.54 Å². The van der Waals surface area contributed by atoms with E-state index in [0.717, 1.165) is 75.6 Å². The number of benzene rings is 1. The number of hydrazine groups is 1. The SMILES string of the molecule is Fc1ccc2onc(N3CCN4C[C@@H](COc5cccc(CNN6CCCC6)n5)CC[C@H]4C3)c2c1. The second-order valence-corrected chi connectivity index (χ2v) is 9.99. The van der Waals surface area contributed by atoms with Crippen LogP contribution in [-0.4, -0.2) is 72.0 Å². The van der Waals surface area contributed by atoms with Crippen molar-refractivity contribution < 1.29 is 13.7 Å². The van der Waals surface area contributed by atoms with Crippen molar-refractivity contribution in [1.82, 2.24) is 25.5 Å². The summed E-state index contributed by atoms with van der Waals surface area (Å²) >= 11 is 0. The van der Waals surface area contributed by atoms with Crippen LogP contribution in [0, 0.1) is 11.7 Å². The smallest absolute Gasteiger partial charge is 0.213 e. The van der Waals surface area contributed by atoms with E-state index in [-0.39, 0.29) is 5.82 Å². The minimum Gasteiger partial charge on any atom is -0.477 e. The summed E-state index contributed by atoms with van der Waals surface area (Å²) < 4.78 is 25.3. The molecule has 0 radical (unpaired) electrons. The quantitative estimate of drug-likeness (QED) is 0.552. The number of pyridine rings is 1. The van der Waals surface area contributed by atoms with Crippen molar-refractivity contribution >= 4 is 16.8 Å². The molecule has 35 heavy (non-hydrogen) atoms. The van der Waals surface area contributed by atoms with Crippen LogP contribution in [0.25, 0.3) is 11.0 Å². The Morgan fingerprint density at radius 1 is 1.06 bits per heavy atom. The van der Waals surface area contributed by atoms with E-state index in [0.29, 0.717) is 30.0 Å². The van der Waals surface area contributed by atoms with Gasteiger partial charge in [0.05, 0.1) is 24.2 Å². The maximum atomic E-state index is 13.8. The number of ether oxygens (including phenoxy) is 1. The number of anilines is 1. The average molecular weight is 481 g/mol. The highest BCUT2D eigenvalue weighted by molar-refractivity contribution is 5.88. The van der Waals surface area contributed by atoms with Crippen LogP contribution >= 0.6 is 0 Å². The van der Waals surface area contributed by atoms with Crippen molar-refractivity contribution in [2.75, 3.05) is 50.8 Å². The molecule has 2 atom stereocenters. The Hall–Kier alpha value is -2.75. The van der Waals surface area contributed by atoms with E-state index in [1.807, 2.05) is 18.2 Å². The summed E-state index contributed by atoms with van der Waals surface area (Å²) in [7, 11) is 0. The maximum Gasteiger partial charge on any atom is 0.213 e. The van der Waals surface area contributed by atoms with Crippen LogP contribution in [0.3, 0.4) is 0 Å². The lowest BCUT2D eigenvalue weighted by Gasteiger charge is -2.46. The molecule has 8 nitrogen and oxygen atoms in total. The molecule has 2 aromatic heterocycles. The number of hydrogen-bond acceptors (Lipinski definition) is 8. The minimum atomic E-state index is -0.260. The molecule has 3 aliphatic heterocycles. The molecule has 9 heteroatoms. The van der Waals surface area contributed by atoms with Crippen molar-refractivity contribution in [1.29, 1.82) is 0 Å². The van der Waals surface area contributed by atoms with Crippen molar-refractivity contribution in [2.24, 2.45) is 5.92 Å².